The molecule has 0 saturated carbocycles. The average Bonchev–Trinajstić information content (AvgIpc) is 3.03. The highest BCUT2D eigenvalue weighted by Crippen LogP contribution is 2.34. The van der Waals surface area contributed by atoms with Crippen molar-refractivity contribution < 1.29 is 4.79 Å². The van der Waals surface area contributed by atoms with Crippen molar-refractivity contribution in [2.75, 3.05) is 43.5 Å². The second kappa shape index (κ2) is 7.78. The largest absolute Gasteiger partial charge is 0.347 e. The van der Waals surface area contributed by atoms with Gasteiger partial charge in [0.2, 0.25) is 11.9 Å². The SMILES string of the molecule is CCN(CC)C(=O)[C@@H]1C[C@@H](N)CN1c1nc(N(C)C)nc2c1CCCC2. The maximum Gasteiger partial charge on any atom is 0.245 e. The first-order valence-corrected chi connectivity index (χ1v) is 9.84. The first-order chi connectivity index (χ1) is 12.5. The Morgan fingerprint density at radius 3 is 2.54 bits per heavy atom. The van der Waals surface area contributed by atoms with Gasteiger partial charge in [-0.15, -0.1) is 0 Å². The van der Waals surface area contributed by atoms with Crippen molar-refractivity contribution in [3.8, 4) is 0 Å². The van der Waals surface area contributed by atoms with Crippen molar-refractivity contribution in [2.45, 2.75) is 58.0 Å². The van der Waals surface area contributed by atoms with E-state index in [9.17, 15) is 4.79 Å². The van der Waals surface area contributed by atoms with Crippen molar-refractivity contribution in [2.24, 2.45) is 5.73 Å². The van der Waals surface area contributed by atoms with Crippen LogP contribution in [0.4, 0.5) is 11.8 Å². The first-order valence-electron chi connectivity index (χ1n) is 9.84. The lowest BCUT2D eigenvalue weighted by molar-refractivity contribution is -0.132. The molecule has 0 aromatic carbocycles. The van der Waals surface area contributed by atoms with Gasteiger partial charge in [-0.25, -0.2) is 4.98 Å². The summed E-state index contributed by atoms with van der Waals surface area (Å²) in [5, 5.41) is 0. The van der Waals surface area contributed by atoms with Gasteiger partial charge in [-0.2, -0.15) is 4.98 Å². The van der Waals surface area contributed by atoms with Crippen molar-refractivity contribution >= 4 is 17.7 Å². The minimum Gasteiger partial charge on any atom is -0.347 e. The summed E-state index contributed by atoms with van der Waals surface area (Å²) in [5.41, 5.74) is 8.64. The molecule has 1 fully saturated rings. The number of nitrogens with two attached hydrogens (primary N) is 1. The molecule has 0 bridgehead atoms. The van der Waals surface area contributed by atoms with Crippen molar-refractivity contribution in [1.82, 2.24) is 14.9 Å². The van der Waals surface area contributed by atoms with Gasteiger partial charge in [0, 0.05) is 45.3 Å². The molecule has 3 rings (SSSR count). The minimum absolute atomic E-state index is 0.00322. The fourth-order valence-corrected chi connectivity index (χ4v) is 4.08. The number of amides is 1. The molecular weight excluding hydrogens is 328 g/mol. The highest BCUT2D eigenvalue weighted by molar-refractivity contribution is 5.86. The van der Waals surface area contributed by atoms with Crippen LogP contribution < -0.4 is 15.5 Å². The van der Waals surface area contributed by atoms with Gasteiger partial charge in [0.15, 0.2) is 0 Å². The molecule has 1 saturated heterocycles. The monoisotopic (exact) mass is 360 g/mol. The van der Waals surface area contributed by atoms with E-state index in [2.05, 4.69) is 4.90 Å². The Balaban J connectivity index is 2.02. The van der Waals surface area contributed by atoms with E-state index in [1.54, 1.807) is 0 Å². The third kappa shape index (κ3) is 3.49. The van der Waals surface area contributed by atoms with E-state index in [4.69, 9.17) is 15.7 Å². The zero-order valence-electron chi connectivity index (χ0n) is 16.5. The number of likely N-dealkylation sites (N-methyl/N-ethyl adjacent to an activating group) is 1. The fraction of sp³-hybridized carbons (Fsp3) is 0.737. The number of fused-ring (bicyclic) bond motifs is 1. The zero-order chi connectivity index (χ0) is 18.8. The third-order valence-electron chi connectivity index (χ3n) is 5.52. The maximum atomic E-state index is 13.1. The van der Waals surface area contributed by atoms with Crippen LogP contribution in [0.15, 0.2) is 0 Å². The van der Waals surface area contributed by atoms with E-state index < -0.39 is 0 Å². The number of rotatable bonds is 5. The molecule has 1 aliphatic heterocycles. The fourth-order valence-electron chi connectivity index (χ4n) is 4.08. The summed E-state index contributed by atoms with van der Waals surface area (Å²) in [6.07, 6.45) is 4.97. The number of hydrogen-bond donors (Lipinski definition) is 1. The maximum absolute atomic E-state index is 13.1. The number of hydrogen-bond acceptors (Lipinski definition) is 6. The quantitative estimate of drug-likeness (QED) is 0.850. The molecule has 7 heteroatoms. The topological polar surface area (TPSA) is 78.6 Å². The summed E-state index contributed by atoms with van der Waals surface area (Å²) in [6.45, 7) is 6.17. The molecule has 26 heavy (non-hydrogen) atoms. The van der Waals surface area contributed by atoms with Crippen molar-refractivity contribution in [1.29, 1.82) is 0 Å². The van der Waals surface area contributed by atoms with Crippen molar-refractivity contribution in [3.05, 3.63) is 11.3 Å². The standard InChI is InChI=1S/C19H32N6O/c1-5-24(6-2)18(26)16-11-13(20)12-25(16)17-14-9-7-8-10-15(14)21-19(22-17)23(3)4/h13,16H,5-12,20H2,1-4H3/t13-,16+/m1/s1. The minimum atomic E-state index is -0.221. The molecule has 144 valence electrons. The third-order valence-corrected chi connectivity index (χ3v) is 5.52. The highest BCUT2D eigenvalue weighted by Gasteiger charge is 2.39. The lowest BCUT2D eigenvalue weighted by Gasteiger charge is -2.32. The number of carbonyl (C=O) groups is 1. The highest BCUT2D eigenvalue weighted by atomic mass is 16.2. The van der Waals surface area contributed by atoms with Crippen LogP contribution >= 0.6 is 0 Å². The van der Waals surface area contributed by atoms with E-state index in [1.165, 1.54) is 5.56 Å². The first kappa shape index (κ1) is 18.9. The Morgan fingerprint density at radius 1 is 1.19 bits per heavy atom. The molecule has 1 aromatic rings. The molecule has 1 amide bonds. The lowest BCUT2D eigenvalue weighted by Crippen LogP contribution is -2.46. The predicted octanol–water partition coefficient (Wildman–Crippen LogP) is 1.20. The van der Waals surface area contributed by atoms with E-state index in [-0.39, 0.29) is 18.0 Å². The van der Waals surface area contributed by atoms with Gasteiger partial charge in [-0.3, -0.25) is 4.79 Å². The number of nitrogens with zero attached hydrogens (tertiary/aromatic N) is 5. The normalized spacial score (nSPS) is 22.3. The molecule has 1 aliphatic carbocycles. The molecular formula is C19H32N6O. The number of carbonyl (C=O) groups excluding carboxylic acids is 1. The molecule has 0 unspecified atom stereocenters. The van der Waals surface area contributed by atoms with E-state index in [0.717, 1.165) is 56.2 Å². The zero-order valence-corrected chi connectivity index (χ0v) is 16.5. The molecule has 0 spiro atoms. The van der Waals surface area contributed by atoms with E-state index >= 15 is 0 Å². The number of anilines is 2. The Kier molecular flexibility index (Phi) is 5.65. The van der Waals surface area contributed by atoms with Crippen LogP contribution in [0.5, 0.6) is 0 Å². The van der Waals surface area contributed by atoms with Gasteiger partial charge < -0.3 is 20.4 Å². The van der Waals surface area contributed by atoms with E-state index in [1.807, 2.05) is 37.7 Å². The molecule has 7 nitrogen and oxygen atoms in total. The Morgan fingerprint density at radius 2 is 1.88 bits per heavy atom. The molecule has 2 atom stereocenters. The summed E-state index contributed by atoms with van der Waals surface area (Å²) >= 11 is 0. The molecule has 0 radical (unpaired) electrons. The van der Waals surface area contributed by atoms with Gasteiger partial charge >= 0.3 is 0 Å². The van der Waals surface area contributed by atoms with Gasteiger partial charge in [-0.05, 0) is 46.0 Å². The van der Waals surface area contributed by atoms with Crippen molar-refractivity contribution in [3.63, 3.8) is 0 Å². The van der Waals surface area contributed by atoms with Crippen LogP contribution in [0.2, 0.25) is 0 Å². The van der Waals surface area contributed by atoms with Crippen LogP contribution in [0.25, 0.3) is 0 Å². The van der Waals surface area contributed by atoms with Gasteiger partial charge in [-0.1, -0.05) is 0 Å². The molecule has 2 N–H and O–H groups in total. The molecule has 2 heterocycles. The lowest BCUT2D eigenvalue weighted by atomic mass is 9.96. The second-order valence-corrected chi connectivity index (χ2v) is 7.55. The van der Waals surface area contributed by atoms with Gasteiger partial charge in [0.05, 0.1) is 5.69 Å². The van der Waals surface area contributed by atoms with Gasteiger partial charge in [0.25, 0.3) is 0 Å². The summed E-state index contributed by atoms with van der Waals surface area (Å²) in [4.78, 5) is 28.7. The number of aromatic nitrogens is 2. The van der Waals surface area contributed by atoms with Crippen LogP contribution in [0.3, 0.4) is 0 Å². The Bertz CT molecular complexity index is 658. The van der Waals surface area contributed by atoms with E-state index in [0.29, 0.717) is 13.0 Å². The summed E-state index contributed by atoms with van der Waals surface area (Å²) in [7, 11) is 3.92. The Labute approximate surface area is 156 Å². The van der Waals surface area contributed by atoms with Crippen LogP contribution in [0, 0.1) is 0 Å². The summed E-state index contributed by atoms with van der Waals surface area (Å²) in [5.74, 6) is 1.81. The smallest absolute Gasteiger partial charge is 0.245 e. The molecule has 1 aromatic heterocycles. The summed E-state index contributed by atoms with van der Waals surface area (Å²) < 4.78 is 0. The van der Waals surface area contributed by atoms with Crippen LogP contribution in [-0.2, 0) is 17.6 Å². The summed E-state index contributed by atoms with van der Waals surface area (Å²) in [6, 6.07) is -0.225. The molecule has 2 aliphatic rings. The second-order valence-electron chi connectivity index (χ2n) is 7.55. The Hall–Kier alpha value is -1.89. The average molecular weight is 361 g/mol. The van der Waals surface area contributed by atoms with Crippen LogP contribution in [-0.4, -0.2) is 66.6 Å². The van der Waals surface area contributed by atoms with Gasteiger partial charge in [0.1, 0.15) is 11.9 Å². The van der Waals surface area contributed by atoms with Crippen LogP contribution in [0.1, 0.15) is 44.4 Å². The predicted molar refractivity (Wildman–Crippen MR) is 105 cm³/mol. The number of aryl methyl sites for hydroxylation is 1.